The van der Waals surface area contributed by atoms with Gasteiger partial charge in [-0.2, -0.15) is 0 Å². The Morgan fingerprint density at radius 3 is 2.04 bits per heavy atom. The highest BCUT2D eigenvalue weighted by atomic mass is 19.1. The van der Waals surface area contributed by atoms with Gasteiger partial charge >= 0.3 is 5.97 Å². The van der Waals surface area contributed by atoms with Crippen molar-refractivity contribution in [3.63, 3.8) is 0 Å². The maximum Gasteiger partial charge on any atom is 0.307 e. The first-order valence-electron chi connectivity index (χ1n) is 9.69. The SMILES string of the molecule is CC(C)c1ccc([C@@H](NC(=O)C2C[C@@H](F)CC2C(=O)O)c2ccccc2)cc1. The summed E-state index contributed by atoms with van der Waals surface area (Å²) in [7, 11) is 0. The minimum Gasteiger partial charge on any atom is -0.481 e. The Morgan fingerprint density at radius 1 is 0.929 bits per heavy atom. The van der Waals surface area contributed by atoms with E-state index in [4.69, 9.17) is 0 Å². The first-order chi connectivity index (χ1) is 13.4. The fraction of sp³-hybridized carbons (Fsp3) is 0.391. The van der Waals surface area contributed by atoms with Crippen LogP contribution in [-0.4, -0.2) is 23.2 Å². The van der Waals surface area contributed by atoms with Gasteiger partial charge in [-0.05, 0) is 35.4 Å². The third kappa shape index (κ3) is 4.41. The molecule has 2 unspecified atom stereocenters. The average molecular weight is 383 g/mol. The Bertz CT molecular complexity index is 820. The van der Waals surface area contributed by atoms with Crippen molar-refractivity contribution in [1.82, 2.24) is 5.32 Å². The molecule has 1 saturated carbocycles. The largest absolute Gasteiger partial charge is 0.481 e. The summed E-state index contributed by atoms with van der Waals surface area (Å²) >= 11 is 0. The molecular weight excluding hydrogens is 357 g/mol. The number of carbonyl (C=O) groups excluding carboxylic acids is 1. The molecule has 148 valence electrons. The van der Waals surface area contributed by atoms with Crippen LogP contribution < -0.4 is 5.32 Å². The normalized spacial score (nSPS) is 22.8. The van der Waals surface area contributed by atoms with Crippen LogP contribution >= 0.6 is 0 Å². The molecule has 0 aromatic heterocycles. The van der Waals surface area contributed by atoms with E-state index in [1.807, 2.05) is 54.6 Å². The standard InChI is InChI=1S/C23H26FNO3/c1-14(2)15-8-10-17(11-9-15)21(16-6-4-3-5-7-16)25-22(26)19-12-18(24)13-20(19)23(27)28/h3-11,14,18-21H,12-13H2,1-2H3,(H,25,26)(H,27,28)/t18-,19?,20?,21+/m1/s1. The second kappa shape index (κ2) is 8.55. The molecule has 1 fully saturated rings. The van der Waals surface area contributed by atoms with Crippen LogP contribution in [0.5, 0.6) is 0 Å². The molecule has 1 amide bonds. The van der Waals surface area contributed by atoms with E-state index >= 15 is 0 Å². The number of carbonyl (C=O) groups is 2. The zero-order chi connectivity index (χ0) is 20.3. The van der Waals surface area contributed by atoms with E-state index in [0.717, 1.165) is 11.1 Å². The summed E-state index contributed by atoms with van der Waals surface area (Å²) in [6, 6.07) is 17.1. The second-order valence-corrected chi connectivity index (χ2v) is 7.79. The summed E-state index contributed by atoms with van der Waals surface area (Å²) < 4.78 is 13.8. The Morgan fingerprint density at radius 2 is 1.46 bits per heavy atom. The summed E-state index contributed by atoms with van der Waals surface area (Å²) in [5.41, 5.74) is 3.00. The highest BCUT2D eigenvalue weighted by molar-refractivity contribution is 5.86. The Kier molecular flexibility index (Phi) is 6.12. The summed E-state index contributed by atoms with van der Waals surface area (Å²) in [5, 5.41) is 12.3. The molecule has 28 heavy (non-hydrogen) atoms. The molecule has 4 atom stereocenters. The van der Waals surface area contributed by atoms with Crippen molar-refractivity contribution >= 4 is 11.9 Å². The van der Waals surface area contributed by atoms with Crippen molar-refractivity contribution < 1.29 is 19.1 Å². The zero-order valence-corrected chi connectivity index (χ0v) is 16.1. The van der Waals surface area contributed by atoms with Gasteiger partial charge in [-0.3, -0.25) is 9.59 Å². The van der Waals surface area contributed by atoms with Gasteiger partial charge in [-0.15, -0.1) is 0 Å². The van der Waals surface area contributed by atoms with Gasteiger partial charge in [0.2, 0.25) is 5.91 Å². The lowest BCUT2D eigenvalue weighted by molar-refractivity contribution is -0.146. The van der Waals surface area contributed by atoms with E-state index < -0.39 is 35.9 Å². The number of aliphatic carboxylic acids is 1. The van der Waals surface area contributed by atoms with Crippen molar-refractivity contribution in [2.45, 2.75) is 44.8 Å². The summed E-state index contributed by atoms with van der Waals surface area (Å²) in [4.78, 5) is 24.3. The van der Waals surface area contributed by atoms with Crippen LogP contribution in [0.15, 0.2) is 54.6 Å². The van der Waals surface area contributed by atoms with Gasteiger partial charge in [-0.1, -0.05) is 68.4 Å². The number of carboxylic acids is 1. The lowest BCUT2D eigenvalue weighted by atomic mass is 9.92. The molecule has 2 aromatic rings. The fourth-order valence-electron chi connectivity index (χ4n) is 3.87. The monoisotopic (exact) mass is 383 g/mol. The van der Waals surface area contributed by atoms with E-state index in [1.54, 1.807) is 0 Å². The first-order valence-corrected chi connectivity index (χ1v) is 9.69. The van der Waals surface area contributed by atoms with Crippen LogP contribution in [0.2, 0.25) is 0 Å². The smallest absolute Gasteiger partial charge is 0.307 e. The van der Waals surface area contributed by atoms with Crippen LogP contribution in [0.3, 0.4) is 0 Å². The van der Waals surface area contributed by atoms with E-state index in [9.17, 15) is 19.1 Å². The molecule has 1 aliphatic carbocycles. The van der Waals surface area contributed by atoms with Crippen molar-refractivity contribution in [3.05, 3.63) is 71.3 Å². The zero-order valence-electron chi connectivity index (χ0n) is 16.1. The molecule has 2 aromatic carbocycles. The molecule has 0 bridgehead atoms. The summed E-state index contributed by atoms with van der Waals surface area (Å²) in [6.45, 7) is 4.23. The Balaban J connectivity index is 1.87. The van der Waals surface area contributed by atoms with Gasteiger partial charge in [0, 0.05) is 0 Å². The lowest BCUT2D eigenvalue weighted by Gasteiger charge is -2.24. The highest BCUT2D eigenvalue weighted by Gasteiger charge is 2.43. The van der Waals surface area contributed by atoms with Gasteiger partial charge in [-0.25, -0.2) is 4.39 Å². The number of amides is 1. The minimum absolute atomic E-state index is 0.0450. The Labute approximate surface area is 164 Å². The molecule has 3 rings (SSSR count). The van der Waals surface area contributed by atoms with Crippen LogP contribution in [0.1, 0.15) is 55.3 Å². The van der Waals surface area contributed by atoms with Gasteiger partial charge in [0.05, 0.1) is 17.9 Å². The Hall–Kier alpha value is -2.69. The van der Waals surface area contributed by atoms with Crippen LogP contribution in [0.4, 0.5) is 4.39 Å². The maximum atomic E-state index is 13.8. The number of benzene rings is 2. The molecule has 0 radical (unpaired) electrons. The topological polar surface area (TPSA) is 66.4 Å². The van der Waals surface area contributed by atoms with Gasteiger partial charge in [0.15, 0.2) is 0 Å². The molecule has 0 aliphatic heterocycles. The van der Waals surface area contributed by atoms with Crippen molar-refractivity contribution in [3.8, 4) is 0 Å². The lowest BCUT2D eigenvalue weighted by Crippen LogP contribution is -2.38. The summed E-state index contributed by atoms with van der Waals surface area (Å²) in [5.74, 6) is -2.95. The number of hydrogen-bond acceptors (Lipinski definition) is 2. The highest BCUT2D eigenvalue weighted by Crippen LogP contribution is 2.35. The quantitative estimate of drug-likeness (QED) is 0.774. The van der Waals surface area contributed by atoms with Crippen molar-refractivity contribution in [2.75, 3.05) is 0 Å². The van der Waals surface area contributed by atoms with Crippen LogP contribution in [-0.2, 0) is 9.59 Å². The summed E-state index contributed by atoms with van der Waals surface area (Å²) in [6.07, 6.45) is -1.40. The first kappa shape index (κ1) is 20.1. The molecule has 1 aliphatic rings. The van der Waals surface area contributed by atoms with E-state index in [2.05, 4.69) is 19.2 Å². The molecular formula is C23H26FNO3. The van der Waals surface area contributed by atoms with Crippen LogP contribution in [0, 0.1) is 11.8 Å². The van der Waals surface area contributed by atoms with E-state index in [-0.39, 0.29) is 12.8 Å². The predicted octanol–water partition coefficient (Wildman–Crippen LogP) is 4.46. The third-order valence-electron chi connectivity index (χ3n) is 5.52. The number of nitrogens with one attached hydrogen (secondary N) is 1. The van der Waals surface area contributed by atoms with E-state index in [1.165, 1.54) is 5.56 Å². The molecule has 5 heteroatoms. The average Bonchev–Trinajstić information content (AvgIpc) is 3.09. The number of hydrogen-bond donors (Lipinski definition) is 2. The third-order valence-corrected chi connectivity index (χ3v) is 5.52. The van der Waals surface area contributed by atoms with Crippen molar-refractivity contribution in [2.24, 2.45) is 11.8 Å². The fourth-order valence-corrected chi connectivity index (χ4v) is 3.87. The maximum absolute atomic E-state index is 13.8. The molecule has 0 heterocycles. The number of alkyl halides is 1. The molecule has 0 saturated heterocycles. The van der Waals surface area contributed by atoms with Gasteiger partial charge in [0.1, 0.15) is 6.17 Å². The number of rotatable bonds is 6. The number of halogens is 1. The van der Waals surface area contributed by atoms with Crippen LogP contribution in [0.25, 0.3) is 0 Å². The van der Waals surface area contributed by atoms with E-state index in [0.29, 0.717) is 5.92 Å². The second-order valence-electron chi connectivity index (χ2n) is 7.79. The molecule has 2 N–H and O–H groups in total. The molecule has 0 spiro atoms. The number of carboxylic acid groups (broad SMARTS) is 1. The van der Waals surface area contributed by atoms with Gasteiger partial charge < -0.3 is 10.4 Å². The van der Waals surface area contributed by atoms with Crippen molar-refractivity contribution in [1.29, 1.82) is 0 Å². The molecule has 4 nitrogen and oxygen atoms in total. The predicted molar refractivity (Wildman–Crippen MR) is 106 cm³/mol. The minimum atomic E-state index is -1.25. The van der Waals surface area contributed by atoms with Gasteiger partial charge in [0.25, 0.3) is 0 Å².